The third-order valence-corrected chi connectivity index (χ3v) is 5.02. The smallest absolute Gasteiger partial charge is 0.227 e. The van der Waals surface area contributed by atoms with Crippen molar-refractivity contribution in [1.82, 2.24) is 14.9 Å². The van der Waals surface area contributed by atoms with Crippen LogP contribution < -0.4 is 4.90 Å². The minimum Gasteiger partial charge on any atom is -0.381 e. The Hall–Kier alpha value is -1.40. The van der Waals surface area contributed by atoms with Gasteiger partial charge >= 0.3 is 0 Å². The first-order valence-corrected chi connectivity index (χ1v) is 8.56. The number of carbonyl (C=O) groups is 1. The number of rotatable bonds is 4. The van der Waals surface area contributed by atoms with Gasteiger partial charge in [-0.15, -0.1) is 0 Å². The molecule has 0 spiro atoms. The molecule has 23 heavy (non-hydrogen) atoms. The first kappa shape index (κ1) is 16.5. The first-order valence-electron chi connectivity index (χ1n) is 8.18. The van der Waals surface area contributed by atoms with Crippen molar-refractivity contribution in [3.05, 3.63) is 17.5 Å². The standard InChI is InChI=1S/C16H23ClN4O2/c1-20(16(22)13-4-7-23-10-13)9-12-2-5-21(6-3-12)15-14(17)8-18-11-19-15/h8,11-13H,2-7,9-10H2,1H3. The van der Waals surface area contributed by atoms with Gasteiger partial charge in [-0.1, -0.05) is 11.6 Å². The van der Waals surface area contributed by atoms with Gasteiger partial charge in [0.15, 0.2) is 5.82 Å². The minimum atomic E-state index is 0.0555. The number of aromatic nitrogens is 2. The fourth-order valence-electron chi connectivity index (χ4n) is 3.38. The van der Waals surface area contributed by atoms with Crippen molar-refractivity contribution >= 4 is 23.3 Å². The Morgan fingerprint density at radius 2 is 2.22 bits per heavy atom. The summed E-state index contributed by atoms with van der Waals surface area (Å²) in [5, 5.41) is 0.597. The number of ether oxygens (including phenoxy) is 1. The van der Waals surface area contributed by atoms with Crippen molar-refractivity contribution < 1.29 is 9.53 Å². The number of carbonyl (C=O) groups excluding carboxylic acids is 1. The van der Waals surface area contributed by atoms with Gasteiger partial charge in [0, 0.05) is 33.3 Å². The number of hydrogen-bond donors (Lipinski definition) is 0. The predicted octanol–water partition coefficient (Wildman–Crippen LogP) is 1.84. The Labute approximate surface area is 141 Å². The summed E-state index contributed by atoms with van der Waals surface area (Å²) in [6.45, 7) is 3.93. The molecule has 1 amide bonds. The van der Waals surface area contributed by atoms with Crippen molar-refractivity contribution in [3.8, 4) is 0 Å². The Morgan fingerprint density at radius 3 is 2.87 bits per heavy atom. The van der Waals surface area contributed by atoms with E-state index in [0.29, 0.717) is 24.2 Å². The molecule has 1 unspecified atom stereocenters. The van der Waals surface area contributed by atoms with Crippen molar-refractivity contribution in [2.45, 2.75) is 19.3 Å². The van der Waals surface area contributed by atoms with Crippen LogP contribution in [0.25, 0.3) is 0 Å². The van der Waals surface area contributed by atoms with Gasteiger partial charge in [-0.3, -0.25) is 4.79 Å². The zero-order valence-corrected chi connectivity index (χ0v) is 14.2. The molecule has 7 heteroatoms. The Morgan fingerprint density at radius 1 is 1.43 bits per heavy atom. The van der Waals surface area contributed by atoms with E-state index < -0.39 is 0 Å². The fraction of sp³-hybridized carbons (Fsp3) is 0.688. The van der Waals surface area contributed by atoms with E-state index in [0.717, 1.165) is 44.7 Å². The molecular formula is C16H23ClN4O2. The average Bonchev–Trinajstić information content (AvgIpc) is 3.10. The second-order valence-corrected chi connectivity index (χ2v) is 6.81. The summed E-state index contributed by atoms with van der Waals surface area (Å²) in [6.07, 6.45) is 6.10. The van der Waals surface area contributed by atoms with Crippen LogP contribution in [0.15, 0.2) is 12.5 Å². The fourth-order valence-corrected chi connectivity index (χ4v) is 3.61. The molecule has 2 fully saturated rings. The highest BCUT2D eigenvalue weighted by atomic mass is 35.5. The van der Waals surface area contributed by atoms with Gasteiger partial charge in [-0.05, 0) is 25.2 Å². The molecule has 126 valence electrons. The zero-order valence-electron chi connectivity index (χ0n) is 13.4. The van der Waals surface area contributed by atoms with Crippen LogP contribution in [0, 0.1) is 11.8 Å². The second kappa shape index (κ2) is 7.45. The topological polar surface area (TPSA) is 58.6 Å². The van der Waals surface area contributed by atoms with Gasteiger partial charge in [0.05, 0.1) is 18.7 Å². The van der Waals surface area contributed by atoms with Crippen LogP contribution in [0.1, 0.15) is 19.3 Å². The number of anilines is 1. The van der Waals surface area contributed by atoms with Gasteiger partial charge in [0.25, 0.3) is 0 Å². The summed E-state index contributed by atoms with van der Waals surface area (Å²) in [6, 6.07) is 0. The predicted molar refractivity (Wildman–Crippen MR) is 88.5 cm³/mol. The van der Waals surface area contributed by atoms with Crippen LogP contribution in [-0.4, -0.2) is 60.7 Å². The molecule has 3 rings (SSSR count). The summed E-state index contributed by atoms with van der Waals surface area (Å²) in [5.41, 5.74) is 0. The monoisotopic (exact) mass is 338 g/mol. The molecule has 1 atom stereocenters. The number of halogens is 1. The van der Waals surface area contributed by atoms with Crippen molar-refractivity contribution in [3.63, 3.8) is 0 Å². The number of hydrogen-bond acceptors (Lipinski definition) is 5. The summed E-state index contributed by atoms with van der Waals surface area (Å²) in [5.74, 6) is 1.62. The lowest BCUT2D eigenvalue weighted by Gasteiger charge is -2.35. The highest BCUT2D eigenvalue weighted by molar-refractivity contribution is 6.32. The van der Waals surface area contributed by atoms with Crippen LogP contribution in [0.3, 0.4) is 0 Å². The quantitative estimate of drug-likeness (QED) is 0.838. The lowest BCUT2D eigenvalue weighted by molar-refractivity contribution is -0.134. The van der Waals surface area contributed by atoms with Gasteiger partial charge in [0.2, 0.25) is 5.91 Å². The maximum Gasteiger partial charge on any atom is 0.227 e. The van der Waals surface area contributed by atoms with E-state index in [1.165, 1.54) is 6.33 Å². The second-order valence-electron chi connectivity index (χ2n) is 6.40. The number of piperidine rings is 1. The van der Waals surface area contributed by atoms with Crippen LogP contribution in [-0.2, 0) is 9.53 Å². The van der Waals surface area contributed by atoms with E-state index in [1.54, 1.807) is 6.20 Å². The molecule has 2 aliphatic rings. The van der Waals surface area contributed by atoms with Gasteiger partial charge in [0.1, 0.15) is 11.3 Å². The van der Waals surface area contributed by atoms with E-state index in [4.69, 9.17) is 16.3 Å². The van der Waals surface area contributed by atoms with E-state index in [9.17, 15) is 4.79 Å². The molecule has 2 aliphatic heterocycles. The van der Waals surface area contributed by atoms with Crippen LogP contribution in [0.5, 0.6) is 0 Å². The third-order valence-electron chi connectivity index (χ3n) is 4.75. The normalized spacial score (nSPS) is 22.3. The Bertz CT molecular complexity index is 543. The Balaban J connectivity index is 1.49. The molecule has 0 N–H and O–H groups in total. The Kier molecular flexibility index (Phi) is 5.33. The summed E-state index contributed by atoms with van der Waals surface area (Å²) in [4.78, 5) is 24.6. The molecular weight excluding hydrogens is 316 g/mol. The molecule has 2 saturated heterocycles. The van der Waals surface area contributed by atoms with E-state index >= 15 is 0 Å². The van der Waals surface area contributed by atoms with E-state index in [-0.39, 0.29) is 11.8 Å². The summed E-state index contributed by atoms with van der Waals surface area (Å²) >= 11 is 6.16. The zero-order chi connectivity index (χ0) is 16.2. The largest absolute Gasteiger partial charge is 0.381 e. The minimum absolute atomic E-state index is 0.0555. The molecule has 3 heterocycles. The van der Waals surface area contributed by atoms with Crippen LogP contribution in [0.2, 0.25) is 5.02 Å². The molecule has 0 radical (unpaired) electrons. The molecule has 0 bridgehead atoms. The highest BCUT2D eigenvalue weighted by Crippen LogP contribution is 2.27. The maximum atomic E-state index is 12.4. The molecule has 6 nitrogen and oxygen atoms in total. The number of amides is 1. The maximum absolute atomic E-state index is 12.4. The van der Waals surface area contributed by atoms with E-state index in [2.05, 4.69) is 14.9 Å². The third kappa shape index (κ3) is 3.93. The van der Waals surface area contributed by atoms with Crippen molar-refractivity contribution in [2.24, 2.45) is 11.8 Å². The lowest BCUT2D eigenvalue weighted by Crippen LogP contribution is -2.41. The van der Waals surface area contributed by atoms with Crippen LogP contribution in [0.4, 0.5) is 5.82 Å². The molecule has 0 saturated carbocycles. The highest BCUT2D eigenvalue weighted by Gasteiger charge is 2.29. The molecule has 0 aromatic carbocycles. The lowest BCUT2D eigenvalue weighted by atomic mass is 9.95. The van der Waals surface area contributed by atoms with Crippen molar-refractivity contribution in [2.75, 3.05) is 44.8 Å². The van der Waals surface area contributed by atoms with E-state index in [1.807, 2.05) is 11.9 Å². The van der Waals surface area contributed by atoms with Gasteiger partial charge < -0.3 is 14.5 Å². The average molecular weight is 339 g/mol. The molecule has 1 aromatic heterocycles. The SMILES string of the molecule is CN(CC1CCN(c2ncncc2Cl)CC1)C(=O)C1CCOC1. The van der Waals surface area contributed by atoms with Gasteiger partial charge in [-0.25, -0.2) is 9.97 Å². The summed E-state index contributed by atoms with van der Waals surface area (Å²) < 4.78 is 5.31. The van der Waals surface area contributed by atoms with Gasteiger partial charge in [-0.2, -0.15) is 0 Å². The number of nitrogens with zero attached hydrogens (tertiary/aromatic N) is 4. The molecule has 0 aliphatic carbocycles. The summed E-state index contributed by atoms with van der Waals surface area (Å²) in [7, 11) is 1.91. The van der Waals surface area contributed by atoms with Crippen LogP contribution >= 0.6 is 11.6 Å². The first-order chi connectivity index (χ1) is 11.1. The molecule has 1 aromatic rings. The van der Waals surface area contributed by atoms with Crippen molar-refractivity contribution in [1.29, 1.82) is 0 Å².